The van der Waals surface area contributed by atoms with Gasteiger partial charge in [-0.3, -0.25) is 4.79 Å². The van der Waals surface area contributed by atoms with E-state index in [0.717, 1.165) is 12.0 Å². The maximum Gasteiger partial charge on any atom is 0.273 e. The molecule has 3 N–H and O–H groups in total. The van der Waals surface area contributed by atoms with Crippen LogP contribution >= 0.6 is 23.4 Å². The van der Waals surface area contributed by atoms with E-state index in [-0.39, 0.29) is 12.5 Å². The zero-order valence-corrected chi connectivity index (χ0v) is 18.7. The van der Waals surface area contributed by atoms with Crippen LogP contribution in [-0.4, -0.2) is 70.4 Å². The van der Waals surface area contributed by atoms with Crippen LogP contribution in [0.25, 0.3) is 0 Å². The number of nitrogens with two attached hydrogens (primary N) is 1. The number of carbonyl (C=O) groups is 1. The van der Waals surface area contributed by atoms with Gasteiger partial charge in [0.1, 0.15) is 29.4 Å². The second-order valence-corrected chi connectivity index (χ2v) is 9.63. The fraction of sp³-hybridized carbons (Fsp3) is 0.455. The van der Waals surface area contributed by atoms with Crippen LogP contribution in [0.1, 0.15) is 28.8 Å². The quantitative estimate of drug-likeness (QED) is 0.690. The molecule has 0 saturated carbocycles. The maximum absolute atomic E-state index is 12.8. The Balaban J connectivity index is 1.32. The first-order chi connectivity index (χ1) is 15.5. The minimum Gasteiger partial charge on any atom is -0.388 e. The van der Waals surface area contributed by atoms with Crippen LogP contribution in [0.15, 0.2) is 47.5 Å². The van der Waals surface area contributed by atoms with Gasteiger partial charge in [0.15, 0.2) is 6.29 Å². The number of likely N-dealkylation sites (tertiary alicyclic amines) is 1. The first kappa shape index (κ1) is 22.1. The summed E-state index contributed by atoms with van der Waals surface area (Å²) in [5.41, 5.74) is 6.83. The maximum atomic E-state index is 12.8. The predicted molar refractivity (Wildman–Crippen MR) is 118 cm³/mol. The van der Waals surface area contributed by atoms with Crippen LogP contribution in [0, 0.1) is 0 Å². The molecule has 1 aromatic heterocycles. The zero-order valence-electron chi connectivity index (χ0n) is 17.2. The number of hydrogen-bond acceptors (Lipinski definition) is 8. The molecule has 6 atom stereocenters. The van der Waals surface area contributed by atoms with Crippen LogP contribution in [0.2, 0.25) is 5.02 Å². The van der Waals surface area contributed by atoms with Gasteiger partial charge in [-0.1, -0.05) is 53.7 Å². The van der Waals surface area contributed by atoms with E-state index >= 15 is 0 Å². The van der Waals surface area contributed by atoms with Gasteiger partial charge in [0, 0.05) is 29.7 Å². The van der Waals surface area contributed by atoms with Gasteiger partial charge in [0.2, 0.25) is 0 Å². The smallest absolute Gasteiger partial charge is 0.273 e. The third-order valence-corrected chi connectivity index (χ3v) is 7.29. The van der Waals surface area contributed by atoms with Gasteiger partial charge in [0.05, 0.1) is 17.7 Å². The molecule has 6 unspecified atom stereocenters. The molecule has 0 radical (unpaired) electrons. The van der Waals surface area contributed by atoms with Gasteiger partial charge in [-0.15, -0.1) is 0 Å². The summed E-state index contributed by atoms with van der Waals surface area (Å²) >= 11 is 7.34. The second kappa shape index (κ2) is 9.26. The van der Waals surface area contributed by atoms with Crippen molar-refractivity contribution in [2.45, 2.75) is 47.4 Å². The topological polar surface area (TPSA) is 107 Å². The molecule has 0 spiro atoms. The number of halogens is 1. The van der Waals surface area contributed by atoms with Crippen molar-refractivity contribution in [1.82, 2.24) is 9.88 Å². The number of fused-ring (bicyclic) bond motifs is 1. The highest BCUT2D eigenvalue weighted by molar-refractivity contribution is 8.00. The molecule has 8 nitrogen and oxygen atoms in total. The number of nitrogens with zero attached hydrogens (tertiary/aromatic N) is 2. The number of hydrogen-bond donors (Lipinski definition) is 2. The molecule has 1 aromatic carbocycles. The van der Waals surface area contributed by atoms with Crippen molar-refractivity contribution in [2.75, 3.05) is 19.7 Å². The number of rotatable bonds is 4. The molecule has 0 bridgehead atoms. The lowest BCUT2D eigenvalue weighted by Crippen LogP contribution is -2.64. The highest BCUT2D eigenvalue weighted by atomic mass is 35.5. The molecule has 10 heteroatoms. The molecule has 4 heterocycles. The molecule has 3 saturated heterocycles. The second-order valence-electron chi connectivity index (χ2n) is 8.05. The summed E-state index contributed by atoms with van der Waals surface area (Å²) in [6, 6.07) is 10.5. The van der Waals surface area contributed by atoms with E-state index in [1.807, 2.05) is 30.3 Å². The molecule has 3 aliphatic rings. The van der Waals surface area contributed by atoms with Gasteiger partial charge >= 0.3 is 0 Å². The Labute approximate surface area is 195 Å². The van der Waals surface area contributed by atoms with Crippen LogP contribution in [0.5, 0.6) is 0 Å². The number of benzene rings is 1. The Kier molecular flexibility index (Phi) is 6.39. The Morgan fingerprint density at radius 2 is 2.03 bits per heavy atom. The van der Waals surface area contributed by atoms with E-state index < -0.39 is 36.1 Å². The summed E-state index contributed by atoms with van der Waals surface area (Å²) in [6.45, 7) is 1.69. The largest absolute Gasteiger partial charge is 0.388 e. The van der Waals surface area contributed by atoms with Crippen LogP contribution in [0.4, 0.5) is 0 Å². The third-order valence-electron chi connectivity index (χ3n) is 5.90. The third kappa shape index (κ3) is 4.26. The molecule has 1 amide bonds. The van der Waals surface area contributed by atoms with E-state index in [0.29, 0.717) is 28.7 Å². The summed E-state index contributed by atoms with van der Waals surface area (Å²) < 4.78 is 18.0. The Morgan fingerprint density at radius 3 is 2.75 bits per heavy atom. The van der Waals surface area contributed by atoms with E-state index in [2.05, 4.69) is 4.98 Å². The first-order valence-corrected chi connectivity index (χ1v) is 11.8. The van der Waals surface area contributed by atoms with Gasteiger partial charge in [-0.2, -0.15) is 0 Å². The molecule has 3 fully saturated rings. The molecule has 32 heavy (non-hydrogen) atoms. The molecule has 170 valence electrons. The number of aliphatic hydroxyl groups is 1. The predicted octanol–water partition coefficient (Wildman–Crippen LogP) is 2.20. The van der Waals surface area contributed by atoms with Crippen LogP contribution in [-0.2, 0) is 14.2 Å². The molecule has 0 aliphatic carbocycles. The number of pyridine rings is 1. The van der Waals surface area contributed by atoms with Crippen molar-refractivity contribution in [2.24, 2.45) is 5.73 Å². The van der Waals surface area contributed by atoms with Gasteiger partial charge in [-0.05, 0) is 12.5 Å². The van der Waals surface area contributed by atoms with E-state index in [4.69, 9.17) is 31.5 Å². The van der Waals surface area contributed by atoms with Crippen molar-refractivity contribution in [1.29, 1.82) is 0 Å². The van der Waals surface area contributed by atoms with Crippen LogP contribution < -0.4 is 5.73 Å². The molecule has 3 aliphatic heterocycles. The number of amides is 1. The van der Waals surface area contributed by atoms with Crippen molar-refractivity contribution in [3.63, 3.8) is 0 Å². The average Bonchev–Trinajstić information content (AvgIpc) is 2.76. The highest BCUT2D eigenvalue weighted by Crippen LogP contribution is 2.39. The first-order valence-electron chi connectivity index (χ1n) is 10.5. The molecular formula is C22H24ClN3O5S. The summed E-state index contributed by atoms with van der Waals surface area (Å²) in [5.74, 6) is -0.155. The summed E-state index contributed by atoms with van der Waals surface area (Å²) in [7, 11) is 0. The summed E-state index contributed by atoms with van der Waals surface area (Å²) in [5, 5.41) is 11.3. The summed E-state index contributed by atoms with van der Waals surface area (Å²) in [6.07, 6.45) is -0.143. The lowest BCUT2D eigenvalue weighted by atomic mass is 9.97. The lowest BCUT2D eigenvalue weighted by Gasteiger charge is -2.47. The highest BCUT2D eigenvalue weighted by Gasteiger charge is 2.48. The van der Waals surface area contributed by atoms with E-state index in [1.165, 1.54) is 18.0 Å². The normalized spacial score (nSPS) is 32.2. The fourth-order valence-electron chi connectivity index (χ4n) is 3.98. The van der Waals surface area contributed by atoms with Gasteiger partial charge in [0.25, 0.3) is 5.91 Å². The van der Waals surface area contributed by atoms with Crippen molar-refractivity contribution >= 4 is 29.3 Å². The number of thioether (sulfide) groups is 1. The van der Waals surface area contributed by atoms with E-state index in [1.54, 1.807) is 11.0 Å². The Bertz CT molecular complexity index is 977. The number of carbonyl (C=O) groups excluding carboxylic acids is 1. The van der Waals surface area contributed by atoms with Gasteiger partial charge in [-0.25, -0.2) is 4.98 Å². The Hall–Kier alpha value is -1.72. The summed E-state index contributed by atoms with van der Waals surface area (Å²) in [4.78, 5) is 19.3. The fourth-order valence-corrected chi connectivity index (χ4v) is 5.42. The molecule has 2 aromatic rings. The molecular weight excluding hydrogens is 454 g/mol. The Morgan fingerprint density at radius 1 is 1.25 bits per heavy atom. The number of ether oxygens (including phenoxy) is 3. The minimum atomic E-state index is -1.03. The number of aliphatic hydroxyl groups excluding tert-OH is 1. The lowest BCUT2D eigenvalue weighted by molar-refractivity contribution is -0.297. The van der Waals surface area contributed by atoms with E-state index in [9.17, 15) is 9.90 Å². The monoisotopic (exact) mass is 477 g/mol. The SMILES string of the molecule is NC1C(O)C(Sc2cc(Cl)cnc2C(=O)N2CCC2)OC2COC(c3ccccc3)OC21. The van der Waals surface area contributed by atoms with Crippen LogP contribution in [0.3, 0.4) is 0 Å². The standard InChI is InChI=1S/C22H24ClN3O5S/c23-13-9-15(17(25-10-13)20(28)26-7-4-8-26)32-22-18(27)16(24)19-14(30-22)11-29-21(31-19)12-5-2-1-3-6-12/h1-3,5-6,9-10,14,16,18-19,21-22,27H,4,7-8,11,24H2. The molecule has 5 rings (SSSR count). The zero-order chi connectivity index (χ0) is 22.2. The minimum absolute atomic E-state index is 0.155. The van der Waals surface area contributed by atoms with Gasteiger partial charge < -0.3 is 30.0 Å². The average molecular weight is 478 g/mol. The number of aromatic nitrogens is 1. The van der Waals surface area contributed by atoms with Crippen molar-refractivity contribution < 1.29 is 24.1 Å². The van der Waals surface area contributed by atoms with Crippen molar-refractivity contribution in [3.8, 4) is 0 Å². The van der Waals surface area contributed by atoms with Crippen molar-refractivity contribution in [3.05, 3.63) is 58.9 Å².